The van der Waals surface area contributed by atoms with Crippen LogP contribution in [0.2, 0.25) is 0 Å². The molecule has 0 aliphatic carbocycles. The van der Waals surface area contributed by atoms with Crippen molar-refractivity contribution in [2.24, 2.45) is 5.92 Å². The summed E-state index contributed by atoms with van der Waals surface area (Å²) in [7, 11) is -2.88. The number of nitrogens with one attached hydrogen (secondary N) is 1. The quantitative estimate of drug-likeness (QED) is 0.751. The van der Waals surface area contributed by atoms with Crippen molar-refractivity contribution in [3.63, 3.8) is 0 Å². The molecule has 0 aromatic heterocycles. The molecule has 1 rings (SSSR count). The van der Waals surface area contributed by atoms with Crippen LogP contribution in [-0.2, 0) is 14.6 Å². The molecular weight excluding hydrogens is 214 g/mol. The lowest BCUT2D eigenvalue weighted by molar-refractivity contribution is 0.0124. The van der Waals surface area contributed by atoms with Crippen LogP contribution in [0, 0.1) is 5.92 Å². The third-order valence-electron chi connectivity index (χ3n) is 2.92. The van der Waals surface area contributed by atoms with Crippen LogP contribution in [-0.4, -0.2) is 45.7 Å². The summed E-state index contributed by atoms with van der Waals surface area (Å²) >= 11 is 0. The van der Waals surface area contributed by atoms with Crippen molar-refractivity contribution in [3.8, 4) is 0 Å². The van der Waals surface area contributed by atoms with E-state index in [1.807, 2.05) is 0 Å². The number of hydrogen-bond donors (Lipinski definition) is 1. The van der Waals surface area contributed by atoms with Gasteiger partial charge in [-0.05, 0) is 18.9 Å². The largest absolute Gasteiger partial charge is 0.376 e. The standard InChI is InChI=1S/C10H21NO3S/c1-3-15(12,13)7-6-14-10-8-11-5-4-9(10)2/h9-11H,3-8H2,1-2H3. The van der Waals surface area contributed by atoms with Crippen molar-refractivity contribution in [1.29, 1.82) is 0 Å². The average Bonchev–Trinajstić information content (AvgIpc) is 2.21. The molecule has 1 fully saturated rings. The second-order valence-corrected chi connectivity index (χ2v) is 6.59. The van der Waals surface area contributed by atoms with Crippen LogP contribution in [0.15, 0.2) is 0 Å². The Kier molecular flexibility index (Phi) is 5.02. The smallest absolute Gasteiger partial charge is 0.152 e. The van der Waals surface area contributed by atoms with Crippen molar-refractivity contribution >= 4 is 9.84 Å². The highest BCUT2D eigenvalue weighted by atomic mass is 32.2. The molecule has 0 aromatic rings. The van der Waals surface area contributed by atoms with E-state index >= 15 is 0 Å². The molecule has 2 unspecified atom stereocenters. The Hall–Kier alpha value is -0.130. The van der Waals surface area contributed by atoms with Gasteiger partial charge in [-0.2, -0.15) is 0 Å². The van der Waals surface area contributed by atoms with E-state index in [-0.39, 0.29) is 17.6 Å². The molecule has 0 amide bonds. The minimum Gasteiger partial charge on any atom is -0.376 e. The highest BCUT2D eigenvalue weighted by molar-refractivity contribution is 7.91. The van der Waals surface area contributed by atoms with E-state index in [4.69, 9.17) is 4.74 Å². The van der Waals surface area contributed by atoms with Crippen LogP contribution in [0.25, 0.3) is 0 Å². The van der Waals surface area contributed by atoms with E-state index in [1.54, 1.807) is 6.92 Å². The molecule has 0 bridgehead atoms. The first kappa shape index (κ1) is 12.9. The molecule has 1 aliphatic rings. The normalized spacial score (nSPS) is 27.9. The van der Waals surface area contributed by atoms with E-state index in [9.17, 15) is 8.42 Å². The highest BCUT2D eigenvalue weighted by Crippen LogP contribution is 2.14. The van der Waals surface area contributed by atoms with Crippen LogP contribution >= 0.6 is 0 Å². The van der Waals surface area contributed by atoms with Crippen molar-refractivity contribution in [2.75, 3.05) is 31.2 Å². The fourth-order valence-electron chi connectivity index (χ4n) is 1.66. The molecule has 0 aromatic carbocycles. The van der Waals surface area contributed by atoms with Gasteiger partial charge in [0.1, 0.15) is 0 Å². The third-order valence-corrected chi connectivity index (χ3v) is 4.59. The Labute approximate surface area is 92.3 Å². The maximum Gasteiger partial charge on any atom is 0.152 e. The van der Waals surface area contributed by atoms with Gasteiger partial charge < -0.3 is 10.1 Å². The van der Waals surface area contributed by atoms with Crippen molar-refractivity contribution in [1.82, 2.24) is 5.32 Å². The molecule has 4 nitrogen and oxygen atoms in total. The molecule has 1 heterocycles. The van der Waals surface area contributed by atoms with Crippen LogP contribution in [0.4, 0.5) is 0 Å². The lowest BCUT2D eigenvalue weighted by atomic mass is 9.97. The summed E-state index contributed by atoms with van der Waals surface area (Å²) in [6.45, 7) is 6.02. The predicted octanol–water partition coefficient (Wildman–Crippen LogP) is 0.436. The predicted molar refractivity (Wildman–Crippen MR) is 60.7 cm³/mol. The summed E-state index contributed by atoms with van der Waals surface area (Å²) in [5.74, 6) is 0.872. The molecule has 5 heteroatoms. The Morgan fingerprint density at radius 2 is 2.20 bits per heavy atom. The van der Waals surface area contributed by atoms with Gasteiger partial charge in [0.2, 0.25) is 0 Å². The van der Waals surface area contributed by atoms with Crippen LogP contribution in [0.1, 0.15) is 20.3 Å². The zero-order chi connectivity index (χ0) is 11.3. The van der Waals surface area contributed by atoms with Crippen LogP contribution in [0.5, 0.6) is 0 Å². The van der Waals surface area contributed by atoms with Crippen molar-refractivity contribution in [2.45, 2.75) is 26.4 Å². The molecular formula is C10H21NO3S. The number of ether oxygens (including phenoxy) is 1. The molecule has 15 heavy (non-hydrogen) atoms. The fraction of sp³-hybridized carbons (Fsp3) is 1.00. The number of sulfone groups is 1. The summed E-state index contributed by atoms with van der Waals surface area (Å²) in [4.78, 5) is 0. The maximum absolute atomic E-state index is 11.2. The number of rotatable bonds is 5. The molecule has 90 valence electrons. The van der Waals surface area contributed by atoms with Gasteiger partial charge in [0, 0.05) is 12.3 Å². The molecule has 2 atom stereocenters. The first-order valence-corrected chi connectivity index (χ1v) is 7.40. The molecule has 1 saturated heterocycles. The summed E-state index contributed by atoms with van der Waals surface area (Å²) in [6.07, 6.45) is 1.27. The summed E-state index contributed by atoms with van der Waals surface area (Å²) < 4.78 is 28.0. The van der Waals surface area contributed by atoms with Gasteiger partial charge >= 0.3 is 0 Å². The third kappa shape index (κ3) is 4.49. The zero-order valence-electron chi connectivity index (χ0n) is 9.53. The molecule has 0 spiro atoms. The zero-order valence-corrected chi connectivity index (χ0v) is 10.3. The molecule has 0 saturated carbocycles. The second kappa shape index (κ2) is 5.82. The first-order valence-electron chi connectivity index (χ1n) is 5.58. The lowest BCUT2D eigenvalue weighted by Crippen LogP contribution is -2.41. The van der Waals surface area contributed by atoms with Crippen LogP contribution < -0.4 is 5.32 Å². The van der Waals surface area contributed by atoms with Gasteiger partial charge in [-0.1, -0.05) is 13.8 Å². The number of hydrogen-bond acceptors (Lipinski definition) is 4. The average molecular weight is 235 g/mol. The summed E-state index contributed by atoms with van der Waals surface area (Å²) in [5, 5.41) is 3.25. The van der Waals surface area contributed by atoms with Gasteiger partial charge in [0.15, 0.2) is 9.84 Å². The van der Waals surface area contributed by atoms with E-state index in [0.717, 1.165) is 19.5 Å². The minimum atomic E-state index is -2.88. The summed E-state index contributed by atoms with van der Waals surface area (Å²) in [6, 6.07) is 0. The molecule has 0 radical (unpaired) electrons. The Balaban J connectivity index is 2.25. The number of piperidine rings is 1. The Bertz CT molecular complexity index is 276. The molecule has 1 aliphatic heterocycles. The SMILES string of the molecule is CCS(=O)(=O)CCOC1CNCCC1C. The lowest BCUT2D eigenvalue weighted by Gasteiger charge is -2.29. The fourth-order valence-corrected chi connectivity index (χ4v) is 2.29. The van der Waals surface area contributed by atoms with Crippen molar-refractivity contribution in [3.05, 3.63) is 0 Å². The first-order chi connectivity index (χ1) is 7.05. The monoisotopic (exact) mass is 235 g/mol. The van der Waals surface area contributed by atoms with E-state index in [1.165, 1.54) is 0 Å². The highest BCUT2D eigenvalue weighted by Gasteiger charge is 2.21. The maximum atomic E-state index is 11.2. The Morgan fingerprint density at radius 1 is 1.47 bits per heavy atom. The topological polar surface area (TPSA) is 55.4 Å². The van der Waals surface area contributed by atoms with Gasteiger partial charge in [0.25, 0.3) is 0 Å². The van der Waals surface area contributed by atoms with Gasteiger partial charge in [-0.25, -0.2) is 8.42 Å². The van der Waals surface area contributed by atoms with Gasteiger partial charge in [-0.15, -0.1) is 0 Å². The van der Waals surface area contributed by atoms with Crippen LogP contribution in [0.3, 0.4) is 0 Å². The van der Waals surface area contributed by atoms with E-state index < -0.39 is 9.84 Å². The summed E-state index contributed by atoms with van der Waals surface area (Å²) in [5.41, 5.74) is 0. The molecule has 1 N–H and O–H groups in total. The van der Waals surface area contributed by atoms with E-state index in [2.05, 4.69) is 12.2 Å². The minimum absolute atomic E-state index is 0.146. The Morgan fingerprint density at radius 3 is 2.80 bits per heavy atom. The van der Waals surface area contributed by atoms with E-state index in [0.29, 0.717) is 12.5 Å². The second-order valence-electron chi connectivity index (χ2n) is 4.12. The van der Waals surface area contributed by atoms with Gasteiger partial charge in [-0.3, -0.25) is 0 Å². The van der Waals surface area contributed by atoms with Gasteiger partial charge in [0.05, 0.1) is 18.5 Å². The van der Waals surface area contributed by atoms with Crippen molar-refractivity contribution < 1.29 is 13.2 Å².